The van der Waals surface area contributed by atoms with Gasteiger partial charge < -0.3 is 33.3 Å². The number of esters is 2. The Balaban J connectivity index is 4.15. The largest absolute Gasteiger partial charge is 0.545 e. The predicted molar refractivity (Wildman–Crippen MR) is 379 cm³/mol. The number of ether oxygens (including phenoxy) is 4. The number of carboxylic acid groups (broad SMARTS) is 1. The van der Waals surface area contributed by atoms with Crippen molar-refractivity contribution in [1.29, 1.82) is 0 Å². The Hall–Kier alpha value is -4.83. The zero-order chi connectivity index (χ0) is 64.7. The minimum atomic E-state index is -1.63. The third-order valence-corrected chi connectivity index (χ3v) is 15.1. The molecule has 0 saturated heterocycles. The standard InChI is InChI=1S/C80H133NO8/c1-6-8-10-12-14-16-18-20-22-24-26-28-30-32-34-36-38-39-41-42-44-46-48-50-52-54-56-58-60-62-64-66-68-70-77(82)87-74-76(75-88-80(79(84)85)86-73-72-81(3,4)5)89-78(83)71-69-67-65-63-61-59-57-55-53-51-49-47-45-43-40-37-35-33-31-29-27-25-23-21-19-17-15-13-11-9-7-2/h8-11,14-17,20-23,26-29,33,35,40,43,47,49,53,55,76,80H,6-7,12-13,18-19,24-25,30-32,34,36-39,41-42,44-46,48,50-52,54,56-75H2,1-5H3/b10-8-,11-9-,16-14-,17-15-,22-20-,23-21-,28-26-,29-27-,35-33-,43-40-,49-47-,55-53-. The summed E-state index contributed by atoms with van der Waals surface area (Å²) in [5, 5.41) is 11.8. The molecule has 0 spiro atoms. The number of hydrogen-bond donors (Lipinski definition) is 0. The molecule has 2 unspecified atom stereocenters. The zero-order valence-corrected chi connectivity index (χ0v) is 57.8. The van der Waals surface area contributed by atoms with Crippen molar-refractivity contribution in [2.45, 2.75) is 296 Å². The van der Waals surface area contributed by atoms with E-state index in [9.17, 15) is 19.5 Å². The maximum atomic E-state index is 12.9. The Kier molecular flexibility index (Phi) is 65.3. The van der Waals surface area contributed by atoms with Crippen LogP contribution >= 0.6 is 0 Å². The molecule has 0 aliphatic carbocycles. The minimum Gasteiger partial charge on any atom is -0.545 e. The molecule has 0 aliphatic heterocycles. The van der Waals surface area contributed by atoms with Crippen LogP contribution in [0.1, 0.15) is 284 Å². The highest BCUT2D eigenvalue weighted by molar-refractivity contribution is 5.70. The highest BCUT2D eigenvalue weighted by Gasteiger charge is 2.22. The van der Waals surface area contributed by atoms with Crippen molar-refractivity contribution in [1.82, 2.24) is 0 Å². The van der Waals surface area contributed by atoms with Crippen LogP contribution in [-0.4, -0.2) is 82.3 Å². The molecule has 0 fully saturated rings. The van der Waals surface area contributed by atoms with Crippen molar-refractivity contribution < 1.29 is 42.9 Å². The Morgan fingerprint density at radius 2 is 0.607 bits per heavy atom. The van der Waals surface area contributed by atoms with Crippen LogP contribution in [0.3, 0.4) is 0 Å². The summed E-state index contributed by atoms with van der Waals surface area (Å²) in [7, 11) is 5.92. The second kappa shape index (κ2) is 69.1. The zero-order valence-electron chi connectivity index (χ0n) is 57.8. The summed E-state index contributed by atoms with van der Waals surface area (Å²) < 4.78 is 22.8. The van der Waals surface area contributed by atoms with Gasteiger partial charge in [0.15, 0.2) is 12.4 Å². The Bertz CT molecular complexity index is 1970. The molecule has 0 aromatic heterocycles. The SMILES string of the molecule is CC/C=C\C/C=C\C/C=C\C/C=C\C/C=C\C/C=C\C/C=C\C/C=C\CCCCCCCCC(=O)OC(COC(=O)CCCCCCCCCCCCCCCCCCCCCC/C=C\C/C=C\C/C=C\C/C=C\CC)COC(OCC[N+](C)(C)C)C(=O)[O-]. The van der Waals surface area contributed by atoms with E-state index in [4.69, 9.17) is 18.9 Å². The van der Waals surface area contributed by atoms with Crippen molar-refractivity contribution in [3.8, 4) is 0 Å². The van der Waals surface area contributed by atoms with Crippen LogP contribution < -0.4 is 5.11 Å². The lowest BCUT2D eigenvalue weighted by molar-refractivity contribution is -0.870. The second-order valence-corrected chi connectivity index (χ2v) is 24.8. The van der Waals surface area contributed by atoms with E-state index in [2.05, 4.69) is 160 Å². The maximum Gasteiger partial charge on any atom is 0.306 e. The fourth-order valence-electron chi connectivity index (χ4n) is 9.66. The third kappa shape index (κ3) is 70.5. The minimum absolute atomic E-state index is 0.138. The van der Waals surface area contributed by atoms with Crippen LogP contribution in [0.5, 0.6) is 0 Å². The summed E-state index contributed by atoms with van der Waals surface area (Å²) in [4.78, 5) is 37.5. The second-order valence-electron chi connectivity index (χ2n) is 24.8. The molecule has 9 nitrogen and oxygen atoms in total. The topological polar surface area (TPSA) is 111 Å². The quantitative estimate of drug-likeness (QED) is 0.0195. The molecule has 0 aromatic rings. The van der Waals surface area contributed by atoms with Crippen LogP contribution in [0.4, 0.5) is 0 Å². The molecule has 0 amide bonds. The summed E-state index contributed by atoms with van der Waals surface area (Å²) in [5.74, 6) is -2.31. The van der Waals surface area contributed by atoms with Crippen molar-refractivity contribution in [2.75, 3.05) is 47.5 Å². The number of rotatable bonds is 65. The number of likely N-dealkylation sites (N-methyl/N-ethyl adjacent to an activating group) is 1. The molecule has 0 N–H and O–H groups in total. The molecule has 506 valence electrons. The Morgan fingerprint density at radius 3 is 0.899 bits per heavy atom. The number of quaternary nitrogens is 1. The van der Waals surface area contributed by atoms with Gasteiger partial charge in [-0.2, -0.15) is 0 Å². The number of aliphatic carboxylic acids is 1. The van der Waals surface area contributed by atoms with E-state index in [0.29, 0.717) is 17.4 Å². The molecule has 9 heteroatoms. The van der Waals surface area contributed by atoms with Gasteiger partial charge in [-0.25, -0.2) is 0 Å². The van der Waals surface area contributed by atoms with Gasteiger partial charge in [0.1, 0.15) is 13.2 Å². The molecule has 2 atom stereocenters. The van der Waals surface area contributed by atoms with Gasteiger partial charge in [-0.05, 0) is 116 Å². The van der Waals surface area contributed by atoms with E-state index in [-0.39, 0.29) is 38.6 Å². The van der Waals surface area contributed by atoms with Crippen LogP contribution in [0.15, 0.2) is 146 Å². The molecule has 0 rings (SSSR count). The highest BCUT2D eigenvalue weighted by Crippen LogP contribution is 2.17. The molecular formula is C80H133NO8. The maximum absolute atomic E-state index is 12.9. The van der Waals surface area contributed by atoms with Crippen molar-refractivity contribution >= 4 is 17.9 Å². The molecule has 0 radical (unpaired) electrons. The lowest BCUT2D eigenvalue weighted by atomic mass is 10.0. The Labute approximate surface area is 547 Å². The van der Waals surface area contributed by atoms with Gasteiger partial charge in [0, 0.05) is 12.8 Å². The van der Waals surface area contributed by atoms with Gasteiger partial charge in [0.05, 0.1) is 40.3 Å². The van der Waals surface area contributed by atoms with Gasteiger partial charge in [-0.1, -0.05) is 301 Å². The molecule has 0 aromatic carbocycles. The number of allylic oxidation sites excluding steroid dienone is 24. The molecule has 0 heterocycles. The first kappa shape index (κ1) is 84.2. The predicted octanol–water partition coefficient (Wildman–Crippen LogP) is 21.4. The first-order valence-corrected chi connectivity index (χ1v) is 36.0. The molecule has 0 aliphatic rings. The van der Waals surface area contributed by atoms with Crippen molar-refractivity contribution in [3.05, 3.63) is 146 Å². The van der Waals surface area contributed by atoms with Gasteiger partial charge in [0.25, 0.3) is 0 Å². The first-order valence-electron chi connectivity index (χ1n) is 36.0. The summed E-state index contributed by atoms with van der Waals surface area (Å²) in [5.41, 5.74) is 0. The van der Waals surface area contributed by atoms with Crippen LogP contribution in [0.2, 0.25) is 0 Å². The highest BCUT2D eigenvalue weighted by atomic mass is 16.7. The van der Waals surface area contributed by atoms with Crippen molar-refractivity contribution in [2.24, 2.45) is 0 Å². The summed E-state index contributed by atoms with van der Waals surface area (Å²) >= 11 is 0. The van der Waals surface area contributed by atoms with Crippen molar-refractivity contribution in [3.63, 3.8) is 0 Å². The van der Waals surface area contributed by atoms with E-state index >= 15 is 0 Å². The normalized spacial score (nSPS) is 13.6. The number of nitrogens with zero attached hydrogens (tertiary/aromatic N) is 1. The lowest BCUT2D eigenvalue weighted by Gasteiger charge is -2.26. The van der Waals surface area contributed by atoms with Gasteiger partial charge in [-0.3, -0.25) is 9.59 Å². The van der Waals surface area contributed by atoms with E-state index in [1.54, 1.807) is 0 Å². The molecule has 89 heavy (non-hydrogen) atoms. The van der Waals surface area contributed by atoms with Crippen LogP contribution in [0, 0.1) is 0 Å². The number of carbonyl (C=O) groups excluding carboxylic acids is 3. The van der Waals surface area contributed by atoms with E-state index in [0.717, 1.165) is 135 Å². The fourth-order valence-corrected chi connectivity index (χ4v) is 9.66. The number of hydrogen-bond acceptors (Lipinski definition) is 8. The summed E-state index contributed by atoms with van der Waals surface area (Å²) in [6.07, 6.45) is 97.9. The van der Waals surface area contributed by atoms with Gasteiger partial charge in [0.2, 0.25) is 0 Å². The average molecular weight is 1240 g/mol. The number of carbonyl (C=O) groups is 3. The summed E-state index contributed by atoms with van der Waals surface area (Å²) in [6.45, 7) is 4.51. The van der Waals surface area contributed by atoms with Crippen LogP contribution in [0.25, 0.3) is 0 Å². The Morgan fingerprint density at radius 1 is 0.337 bits per heavy atom. The van der Waals surface area contributed by atoms with Crippen LogP contribution in [-0.2, 0) is 33.3 Å². The third-order valence-electron chi connectivity index (χ3n) is 15.1. The lowest BCUT2D eigenvalue weighted by Crippen LogP contribution is -2.44. The van der Waals surface area contributed by atoms with Gasteiger partial charge >= 0.3 is 11.9 Å². The first-order chi connectivity index (χ1) is 43.6. The molecular weight excluding hydrogens is 1100 g/mol. The van der Waals surface area contributed by atoms with E-state index in [1.807, 2.05) is 21.1 Å². The monoisotopic (exact) mass is 1240 g/mol. The van der Waals surface area contributed by atoms with E-state index < -0.39 is 24.3 Å². The number of unbranched alkanes of at least 4 members (excludes halogenated alkanes) is 26. The smallest absolute Gasteiger partial charge is 0.306 e. The average Bonchev–Trinajstić information content (AvgIpc) is 3.64. The fraction of sp³-hybridized carbons (Fsp3) is 0.662. The van der Waals surface area contributed by atoms with E-state index in [1.165, 1.54) is 116 Å². The number of carboxylic acids is 1. The molecule has 0 saturated carbocycles. The summed E-state index contributed by atoms with van der Waals surface area (Å²) in [6, 6.07) is 0. The van der Waals surface area contributed by atoms with Gasteiger partial charge in [-0.15, -0.1) is 0 Å². The molecule has 0 bridgehead atoms.